The zero-order valence-corrected chi connectivity index (χ0v) is 5.57. The highest BCUT2D eigenvalue weighted by atomic mass is 15.1. The molecule has 0 aliphatic heterocycles. The van der Waals surface area contributed by atoms with Crippen molar-refractivity contribution in [2.75, 3.05) is 0 Å². The summed E-state index contributed by atoms with van der Waals surface area (Å²) in [5.41, 5.74) is 0.676. The minimum Gasteiger partial charge on any atom is -0.234 e. The number of aromatic nitrogens is 3. The maximum atomic E-state index is 8.27. The smallest absolute Gasteiger partial charge is 0.148 e. The van der Waals surface area contributed by atoms with Crippen LogP contribution < -0.4 is 0 Å². The summed E-state index contributed by atoms with van der Waals surface area (Å²) < 4.78 is 0. The topological polar surface area (TPSA) is 62.5 Å². The van der Waals surface area contributed by atoms with Crippen molar-refractivity contribution in [3.63, 3.8) is 0 Å². The van der Waals surface area contributed by atoms with Crippen LogP contribution in [0, 0.1) is 18.3 Å². The second-order valence-corrected chi connectivity index (χ2v) is 1.83. The first-order valence-electron chi connectivity index (χ1n) is 2.85. The Hall–Kier alpha value is -1.50. The molecule has 0 aromatic carbocycles. The molecule has 0 fully saturated rings. The van der Waals surface area contributed by atoms with Crippen molar-refractivity contribution in [1.29, 1.82) is 5.26 Å². The predicted molar refractivity (Wildman–Crippen MR) is 33.9 cm³/mol. The first kappa shape index (κ1) is 6.62. The normalized spacial score (nSPS) is 8.80. The van der Waals surface area contributed by atoms with E-state index in [9.17, 15) is 0 Å². The lowest BCUT2D eigenvalue weighted by molar-refractivity contribution is 0.869. The fourth-order valence-electron chi connectivity index (χ4n) is 0.604. The number of hydrogen-bond donors (Lipinski definition) is 0. The Kier molecular flexibility index (Phi) is 1.90. The zero-order valence-electron chi connectivity index (χ0n) is 5.57. The lowest BCUT2D eigenvalue weighted by atomic mass is 10.3. The maximum absolute atomic E-state index is 8.27. The summed E-state index contributed by atoms with van der Waals surface area (Å²) in [5.74, 6) is 0.604. The molecule has 0 saturated heterocycles. The third-order valence-corrected chi connectivity index (χ3v) is 0.975. The lowest BCUT2D eigenvalue weighted by Crippen LogP contribution is -1.95. The van der Waals surface area contributed by atoms with Crippen molar-refractivity contribution in [3.05, 3.63) is 17.7 Å². The number of nitriles is 1. The van der Waals surface area contributed by atoms with Gasteiger partial charge in [-0.25, -0.2) is 4.98 Å². The molecule has 0 N–H and O–H groups in total. The molecule has 0 aliphatic rings. The van der Waals surface area contributed by atoms with E-state index in [-0.39, 0.29) is 0 Å². The monoisotopic (exact) mass is 134 g/mol. The number of rotatable bonds is 1. The molecule has 0 radical (unpaired) electrons. The largest absolute Gasteiger partial charge is 0.234 e. The second-order valence-electron chi connectivity index (χ2n) is 1.83. The van der Waals surface area contributed by atoms with E-state index in [4.69, 9.17) is 5.26 Å². The first-order valence-corrected chi connectivity index (χ1v) is 2.85. The molecule has 10 heavy (non-hydrogen) atoms. The van der Waals surface area contributed by atoms with Gasteiger partial charge in [0.05, 0.1) is 24.4 Å². The zero-order chi connectivity index (χ0) is 7.40. The Labute approximate surface area is 58.5 Å². The third kappa shape index (κ3) is 1.49. The number of hydrogen-bond acceptors (Lipinski definition) is 4. The Morgan fingerprint density at radius 1 is 1.70 bits per heavy atom. The molecular weight excluding hydrogens is 128 g/mol. The van der Waals surface area contributed by atoms with Gasteiger partial charge in [-0.15, -0.1) is 5.10 Å². The fraction of sp³-hybridized carbons (Fsp3) is 0.333. The summed E-state index contributed by atoms with van der Waals surface area (Å²) in [6.45, 7) is 1.74. The summed E-state index contributed by atoms with van der Waals surface area (Å²) in [7, 11) is 0. The van der Waals surface area contributed by atoms with Gasteiger partial charge < -0.3 is 0 Å². The molecule has 1 heterocycles. The molecule has 4 nitrogen and oxygen atoms in total. The molecule has 0 spiro atoms. The molecular formula is C6H6N4. The van der Waals surface area contributed by atoms with E-state index in [0.717, 1.165) is 0 Å². The van der Waals surface area contributed by atoms with E-state index in [0.29, 0.717) is 17.9 Å². The molecule has 0 amide bonds. The van der Waals surface area contributed by atoms with Crippen LogP contribution >= 0.6 is 0 Å². The summed E-state index contributed by atoms with van der Waals surface area (Å²) in [5, 5.41) is 15.6. The summed E-state index contributed by atoms with van der Waals surface area (Å²) in [4.78, 5) is 3.97. The maximum Gasteiger partial charge on any atom is 0.148 e. The standard InChI is InChI=1S/C6H6N4/c1-5-9-6(2-3-7)4-8-10-5/h4H,2H2,1H3. The Morgan fingerprint density at radius 2 is 2.50 bits per heavy atom. The summed E-state index contributed by atoms with van der Waals surface area (Å²) in [6.07, 6.45) is 1.80. The fourth-order valence-corrected chi connectivity index (χ4v) is 0.604. The molecule has 50 valence electrons. The van der Waals surface area contributed by atoms with E-state index in [1.54, 1.807) is 6.92 Å². The van der Waals surface area contributed by atoms with Crippen molar-refractivity contribution in [3.8, 4) is 6.07 Å². The van der Waals surface area contributed by atoms with Gasteiger partial charge >= 0.3 is 0 Å². The van der Waals surface area contributed by atoms with E-state index in [2.05, 4.69) is 15.2 Å². The number of nitrogens with zero attached hydrogens (tertiary/aromatic N) is 4. The van der Waals surface area contributed by atoms with Gasteiger partial charge in [0.25, 0.3) is 0 Å². The highest BCUT2D eigenvalue weighted by molar-refractivity contribution is 5.01. The van der Waals surface area contributed by atoms with Gasteiger partial charge in [0, 0.05) is 0 Å². The van der Waals surface area contributed by atoms with Crippen LogP contribution in [0.15, 0.2) is 6.20 Å². The quantitative estimate of drug-likeness (QED) is 0.552. The van der Waals surface area contributed by atoms with Crippen molar-refractivity contribution < 1.29 is 0 Å². The SMILES string of the molecule is Cc1nncc(CC#N)n1. The molecule has 1 aromatic rings. The Morgan fingerprint density at radius 3 is 3.10 bits per heavy atom. The minimum absolute atomic E-state index is 0.302. The van der Waals surface area contributed by atoms with Gasteiger partial charge in [-0.3, -0.25) is 0 Å². The summed E-state index contributed by atoms with van der Waals surface area (Å²) >= 11 is 0. The van der Waals surface area contributed by atoms with Crippen LogP contribution in [0.3, 0.4) is 0 Å². The van der Waals surface area contributed by atoms with Crippen LogP contribution in [-0.2, 0) is 6.42 Å². The average Bonchev–Trinajstić information content (AvgIpc) is 1.88. The van der Waals surface area contributed by atoms with Crippen LogP contribution in [0.25, 0.3) is 0 Å². The predicted octanol–water partition coefficient (Wildman–Crippen LogP) is 0.246. The summed E-state index contributed by atoms with van der Waals surface area (Å²) in [6, 6.07) is 1.98. The molecule has 0 bridgehead atoms. The Balaban J connectivity index is 2.87. The van der Waals surface area contributed by atoms with Gasteiger partial charge in [0.1, 0.15) is 5.82 Å². The van der Waals surface area contributed by atoms with Gasteiger partial charge in [-0.05, 0) is 6.92 Å². The van der Waals surface area contributed by atoms with Crippen LogP contribution in [0.2, 0.25) is 0 Å². The van der Waals surface area contributed by atoms with Gasteiger partial charge in [-0.2, -0.15) is 10.4 Å². The van der Waals surface area contributed by atoms with Crippen molar-refractivity contribution in [2.45, 2.75) is 13.3 Å². The van der Waals surface area contributed by atoms with Crippen molar-refractivity contribution in [1.82, 2.24) is 15.2 Å². The van der Waals surface area contributed by atoms with Gasteiger partial charge in [-0.1, -0.05) is 0 Å². The number of aryl methyl sites for hydroxylation is 1. The van der Waals surface area contributed by atoms with Crippen molar-refractivity contribution in [2.24, 2.45) is 0 Å². The van der Waals surface area contributed by atoms with E-state index < -0.39 is 0 Å². The Bertz CT molecular complexity index is 263. The highest BCUT2D eigenvalue weighted by Gasteiger charge is 1.93. The molecule has 1 rings (SSSR count). The molecule has 0 aliphatic carbocycles. The van der Waals surface area contributed by atoms with Crippen molar-refractivity contribution >= 4 is 0 Å². The van der Waals surface area contributed by atoms with Crippen LogP contribution in [0.5, 0.6) is 0 Å². The molecule has 0 saturated carbocycles. The van der Waals surface area contributed by atoms with E-state index in [1.165, 1.54) is 6.20 Å². The van der Waals surface area contributed by atoms with E-state index >= 15 is 0 Å². The molecule has 0 unspecified atom stereocenters. The first-order chi connectivity index (χ1) is 4.83. The van der Waals surface area contributed by atoms with Gasteiger partial charge in [0.2, 0.25) is 0 Å². The second kappa shape index (κ2) is 2.87. The lowest BCUT2D eigenvalue weighted by Gasteiger charge is -1.91. The minimum atomic E-state index is 0.302. The van der Waals surface area contributed by atoms with Gasteiger partial charge in [0.15, 0.2) is 0 Å². The third-order valence-electron chi connectivity index (χ3n) is 0.975. The van der Waals surface area contributed by atoms with Crippen LogP contribution in [-0.4, -0.2) is 15.2 Å². The van der Waals surface area contributed by atoms with E-state index in [1.807, 2.05) is 6.07 Å². The average molecular weight is 134 g/mol. The van der Waals surface area contributed by atoms with Crippen LogP contribution in [0.4, 0.5) is 0 Å². The van der Waals surface area contributed by atoms with Crippen LogP contribution in [0.1, 0.15) is 11.5 Å². The highest BCUT2D eigenvalue weighted by Crippen LogP contribution is 1.90. The molecule has 0 atom stereocenters. The molecule has 1 aromatic heterocycles. The molecule has 4 heteroatoms.